The van der Waals surface area contributed by atoms with E-state index >= 15 is 0 Å². The third kappa shape index (κ3) is 6.08. The molecule has 2 heterocycles. The summed E-state index contributed by atoms with van der Waals surface area (Å²) in [5.74, 6) is 0.404. The first-order valence-corrected chi connectivity index (χ1v) is 11.6. The number of benzene rings is 1. The van der Waals surface area contributed by atoms with Crippen molar-refractivity contribution in [1.29, 1.82) is 0 Å². The second kappa shape index (κ2) is 11.1. The molecule has 3 atom stereocenters. The predicted molar refractivity (Wildman–Crippen MR) is 138 cm³/mol. The van der Waals surface area contributed by atoms with Gasteiger partial charge in [-0.2, -0.15) is 0 Å². The molecular weight excluding hydrogens is 390 g/mol. The van der Waals surface area contributed by atoms with Crippen molar-refractivity contribution < 1.29 is 0 Å². The Morgan fingerprint density at radius 3 is 2.62 bits per heavy atom. The molecule has 2 aliphatic heterocycles. The zero-order chi connectivity index (χ0) is 23.1. The highest BCUT2D eigenvalue weighted by molar-refractivity contribution is 5.69. The molecule has 1 N–H and O–H groups in total. The first kappa shape index (κ1) is 23.7. The van der Waals surface area contributed by atoms with Crippen molar-refractivity contribution in [1.82, 2.24) is 10.2 Å². The van der Waals surface area contributed by atoms with Crippen molar-refractivity contribution in [3.05, 3.63) is 107 Å². The highest BCUT2D eigenvalue weighted by Gasteiger charge is 2.29. The molecule has 3 unspecified atom stereocenters. The van der Waals surface area contributed by atoms with E-state index in [9.17, 15) is 0 Å². The highest BCUT2D eigenvalue weighted by atomic mass is 15.4. The van der Waals surface area contributed by atoms with Crippen LogP contribution in [0.25, 0.3) is 0 Å². The molecule has 168 valence electrons. The van der Waals surface area contributed by atoms with Gasteiger partial charge >= 0.3 is 0 Å². The van der Waals surface area contributed by atoms with Gasteiger partial charge in [-0.05, 0) is 57.2 Å². The Balaban J connectivity index is 2.05. The van der Waals surface area contributed by atoms with E-state index in [4.69, 9.17) is 4.99 Å². The van der Waals surface area contributed by atoms with Crippen LogP contribution < -0.4 is 5.32 Å². The number of hydrogen-bond donors (Lipinski definition) is 1. The van der Waals surface area contributed by atoms with Gasteiger partial charge in [0.15, 0.2) is 6.29 Å². The molecule has 0 saturated carbocycles. The summed E-state index contributed by atoms with van der Waals surface area (Å²) in [5.41, 5.74) is 7.19. The molecule has 0 bridgehead atoms. The van der Waals surface area contributed by atoms with Gasteiger partial charge in [0.05, 0.1) is 6.04 Å². The van der Waals surface area contributed by atoms with Crippen molar-refractivity contribution in [2.24, 2.45) is 10.9 Å². The summed E-state index contributed by atoms with van der Waals surface area (Å²) >= 11 is 0. The molecular formula is C29H37N3. The van der Waals surface area contributed by atoms with Crippen molar-refractivity contribution in [3.8, 4) is 0 Å². The summed E-state index contributed by atoms with van der Waals surface area (Å²) in [4.78, 5) is 7.19. The van der Waals surface area contributed by atoms with E-state index in [0.717, 1.165) is 24.2 Å². The van der Waals surface area contributed by atoms with Crippen LogP contribution in [0.2, 0.25) is 0 Å². The van der Waals surface area contributed by atoms with Gasteiger partial charge in [0, 0.05) is 24.0 Å². The number of nitrogens with one attached hydrogen (secondary N) is 1. The molecule has 0 fully saturated rings. The quantitative estimate of drug-likeness (QED) is 0.517. The van der Waals surface area contributed by atoms with Gasteiger partial charge in [-0.15, -0.1) is 0 Å². The Labute approximate surface area is 194 Å². The first-order valence-electron chi connectivity index (χ1n) is 11.6. The van der Waals surface area contributed by atoms with Crippen LogP contribution in [0.3, 0.4) is 0 Å². The zero-order valence-corrected chi connectivity index (χ0v) is 20.2. The van der Waals surface area contributed by atoms with Crippen molar-refractivity contribution in [3.63, 3.8) is 0 Å². The molecule has 1 aromatic rings. The normalized spacial score (nSPS) is 26.6. The minimum atomic E-state index is -0.200. The summed E-state index contributed by atoms with van der Waals surface area (Å²) in [6.07, 6.45) is 19.1. The van der Waals surface area contributed by atoms with Gasteiger partial charge in [-0.1, -0.05) is 85.4 Å². The van der Waals surface area contributed by atoms with E-state index in [1.807, 2.05) is 6.21 Å². The van der Waals surface area contributed by atoms with E-state index in [1.54, 1.807) is 0 Å². The first-order chi connectivity index (χ1) is 15.4. The number of hydrogen-bond acceptors (Lipinski definition) is 3. The van der Waals surface area contributed by atoms with E-state index in [-0.39, 0.29) is 12.3 Å². The fourth-order valence-corrected chi connectivity index (χ4v) is 4.12. The number of aryl methyl sites for hydroxylation is 1. The average molecular weight is 428 g/mol. The summed E-state index contributed by atoms with van der Waals surface area (Å²) in [6, 6.07) is 8.70. The van der Waals surface area contributed by atoms with Crippen LogP contribution in [0, 0.1) is 12.8 Å². The second-order valence-corrected chi connectivity index (χ2v) is 8.92. The molecule has 0 amide bonds. The fourth-order valence-electron chi connectivity index (χ4n) is 4.12. The maximum atomic E-state index is 4.91. The van der Waals surface area contributed by atoms with Gasteiger partial charge in [-0.3, -0.25) is 10.3 Å². The van der Waals surface area contributed by atoms with E-state index in [1.165, 1.54) is 22.3 Å². The summed E-state index contributed by atoms with van der Waals surface area (Å²) < 4.78 is 0. The second-order valence-electron chi connectivity index (χ2n) is 8.92. The number of allylic oxidation sites excluding steroid dienone is 9. The van der Waals surface area contributed by atoms with Gasteiger partial charge in [0.1, 0.15) is 0 Å². The molecule has 1 aromatic carbocycles. The van der Waals surface area contributed by atoms with Gasteiger partial charge in [-0.25, -0.2) is 0 Å². The largest absolute Gasteiger partial charge is 0.310 e. The van der Waals surface area contributed by atoms with Crippen LogP contribution in [-0.4, -0.2) is 17.4 Å². The number of aliphatic imine (C=N–C) groups is 1. The maximum Gasteiger partial charge on any atom is 0.180 e. The molecule has 2 aliphatic rings. The molecule has 32 heavy (non-hydrogen) atoms. The maximum absolute atomic E-state index is 4.91. The Hall–Kier alpha value is -2.91. The molecule has 0 aliphatic carbocycles. The van der Waals surface area contributed by atoms with Gasteiger partial charge in [0.25, 0.3) is 0 Å². The summed E-state index contributed by atoms with van der Waals surface area (Å²) in [5, 5.41) is 3.72. The Kier molecular flexibility index (Phi) is 8.24. The third-order valence-electron chi connectivity index (χ3n) is 5.64. The molecule has 3 rings (SSSR count). The summed E-state index contributed by atoms with van der Waals surface area (Å²) in [6.45, 7) is 15.2. The Bertz CT molecular complexity index is 999. The van der Waals surface area contributed by atoms with Crippen molar-refractivity contribution in [2.45, 2.75) is 59.8 Å². The van der Waals surface area contributed by atoms with Crippen molar-refractivity contribution >= 4 is 6.21 Å². The lowest BCUT2D eigenvalue weighted by Crippen LogP contribution is -2.41. The molecule has 3 heteroatoms. The lowest BCUT2D eigenvalue weighted by atomic mass is 10.0. The summed E-state index contributed by atoms with van der Waals surface area (Å²) in [7, 11) is 0. The van der Waals surface area contributed by atoms with Crippen LogP contribution in [0.4, 0.5) is 0 Å². The Morgan fingerprint density at radius 2 is 1.94 bits per heavy atom. The number of nitrogens with zero attached hydrogens (tertiary/aromatic N) is 2. The van der Waals surface area contributed by atoms with Crippen LogP contribution >= 0.6 is 0 Å². The minimum Gasteiger partial charge on any atom is -0.310 e. The van der Waals surface area contributed by atoms with E-state index in [0.29, 0.717) is 5.92 Å². The van der Waals surface area contributed by atoms with E-state index < -0.39 is 0 Å². The molecule has 0 aromatic heterocycles. The van der Waals surface area contributed by atoms with Crippen LogP contribution in [0.5, 0.6) is 0 Å². The number of rotatable bonds is 4. The minimum absolute atomic E-state index is 0.0828. The van der Waals surface area contributed by atoms with Crippen LogP contribution in [0.1, 0.15) is 57.7 Å². The Morgan fingerprint density at radius 1 is 1.19 bits per heavy atom. The standard InChI is InChI=1S/C29H37N3/c1-7-11-25-16-9-13-22(4)12-8-15-24(6)32(28(25)18-21(2)3)29-30-20-27(31-29)26-17-10-14-23(5)19-26/h7-14,17-20,22,27,29,31H,6,15-16H2,1-5H3/b11-7?,12-8?,13-9?,28-25-. The highest BCUT2D eigenvalue weighted by Crippen LogP contribution is 2.30. The fraction of sp³-hybridized carbons (Fsp3) is 0.345. The lowest BCUT2D eigenvalue weighted by molar-refractivity contribution is 0.282. The van der Waals surface area contributed by atoms with Crippen LogP contribution in [0.15, 0.2) is 101 Å². The zero-order valence-electron chi connectivity index (χ0n) is 20.2. The van der Waals surface area contributed by atoms with Crippen molar-refractivity contribution in [2.75, 3.05) is 0 Å². The average Bonchev–Trinajstić information content (AvgIpc) is 3.21. The molecule has 0 spiro atoms. The smallest absolute Gasteiger partial charge is 0.180 e. The SMILES string of the molecule is C=C1CC=CC(C)C=CC/C(C=CC)=C(/C=C(C)C)N1C1N=CC(c2cccc(C)c2)N1. The topological polar surface area (TPSA) is 27.6 Å². The molecule has 0 saturated heterocycles. The van der Waals surface area contributed by atoms with Gasteiger partial charge < -0.3 is 4.90 Å². The molecule has 0 radical (unpaired) electrons. The third-order valence-corrected chi connectivity index (χ3v) is 5.64. The van der Waals surface area contributed by atoms with Gasteiger partial charge in [0.2, 0.25) is 0 Å². The molecule has 3 nitrogen and oxygen atoms in total. The van der Waals surface area contributed by atoms with Crippen LogP contribution in [-0.2, 0) is 0 Å². The lowest BCUT2D eigenvalue weighted by Gasteiger charge is -2.34. The monoisotopic (exact) mass is 427 g/mol. The van der Waals surface area contributed by atoms with E-state index in [2.05, 4.69) is 118 Å². The predicted octanol–water partition coefficient (Wildman–Crippen LogP) is 7.15.